The van der Waals surface area contributed by atoms with E-state index in [9.17, 15) is 0 Å². The van der Waals surface area contributed by atoms with Crippen LogP contribution in [0.1, 0.15) is 42.4 Å². The summed E-state index contributed by atoms with van der Waals surface area (Å²) in [7, 11) is 0. The Bertz CT molecular complexity index is 606. The molecule has 1 aliphatic heterocycles. The van der Waals surface area contributed by atoms with Crippen molar-refractivity contribution in [1.29, 1.82) is 0 Å². The molecule has 2 aromatic heterocycles. The Kier molecular flexibility index (Phi) is 4.15. The number of aryl methyl sites for hydroxylation is 2. The molecule has 3 heterocycles. The van der Waals surface area contributed by atoms with Gasteiger partial charge in [0.15, 0.2) is 12.4 Å². The summed E-state index contributed by atoms with van der Waals surface area (Å²) in [4.78, 5) is 8.84. The normalized spacial score (nSPS) is 18.1. The summed E-state index contributed by atoms with van der Waals surface area (Å²) in [6, 6.07) is 3.87. The molecule has 1 fully saturated rings. The maximum absolute atomic E-state index is 5.76. The second-order valence-electron chi connectivity index (χ2n) is 5.15. The van der Waals surface area contributed by atoms with Crippen LogP contribution in [0.2, 0.25) is 0 Å². The fourth-order valence-corrected chi connectivity index (χ4v) is 2.35. The van der Waals surface area contributed by atoms with E-state index in [2.05, 4.69) is 22.0 Å². The van der Waals surface area contributed by atoms with E-state index in [1.54, 1.807) is 0 Å². The molecule has 0 aromatic carbocycles. The number of hydrogen-bond acceptors (Lipinski definition) is 6. The number of ether oxygens (including phenoxy) is 2. The maximum Gasteiger partial charge on any atom is 0.264 e. The predicted octanol–water partition coefficient (Wildman–Crippen LogP) is 2.42. The summed E-state index contributed by atoms with van der Waals surface area (Å²) in [6.45, 7) is 5.72. The molecule has 21 heavy (non-hydrogen) atoms. The predicted molar refractivity (Wildman–Crippen MR) is 75.2 cm³/mol. The molecule has 0 aliphatic carbocycles. The highest BCUT2D eigenvalue weighted by Crippen LogP contribution is 2.23. The van der Waals surface area contributed by atoms with E-state index in [1.807, 2.05) is 19.1 Å². The van der Waals surface area contributed by atoms with Crippen molar-refractivity contribution in [3.8, 4) is 5.75 Å². The SMILES string of the molecule is CCc1nc(C)ccc1OCc1nc([C@H]2CCOC2)no1. The van der Waals surface area contributed by atoms with Crippen molar-refractivity contribution in [1.82, 2.24) is 15.1 Å². The Morgan fingerprint density at radius 1 is 1.33 bits per heavy atom. The second kappa shape index (κ2) is 6.22. The fourth-order valence-electron chi connectivity index (χ4n) is 2.35. The molecule has 1 atom stereocenters. The van der Waals surface area contributed by atoms with Crippen LogP contribution in [0.15, 0.2) is 16.7 Å². The van der Waals surface area contributed by atoms with Gasteiger partial charge in [-0.05, 0) is 31.9 Å². The maximum atomic E-state index is 5.76. The van der Waals surface area contributed by atoms with Crippen molar-refractivity contribution in [2.24, 2.45) is 0 Å². The number of hydrogen-bond donors (Lipinski definition) is 0. The topological polar surface area (TPSA) is 70.3 Å². The van der Waals surface area contributed by atoms with Gasteiger partial charge in [-0.1, -0.05) is 12.1 Å². The zero-order chi connectivity index (χ0) is 14.7. The van der Waals surface area contributed by atoms with Crippen molar-refractivity contribution < 1.29 is 14.0 Å². The van der Waals surface area contributed by atoms with Crippen molar-refractivity contribution in [3.63, 3.8) is 0 Å². The minimum atomic E-state index is 0.245. The number of aromatic nitrogens is 3. The highest BCUT2D eigenvalue weighted by Gasteiger charge is 2.23. The molecule has 1 saturated heterocycles. The average Bonchev–Trinajstić information content (AvgIpc) is 3.16. The molecule has 6 heteroatoms. The monoisotopic (exact) mass is 289 g/mol. The van der Waals surface area contributed by atoms with Gasteiger partial charge in [0.05, 0.1) is 12.3 Å². The third-order valence-electron chi connectivity index (χ3n) is 3.54. The van der Waals surface area contributed by atoms with Crippen LogP contribution in [0, 0.1) is 6.92 Å². The molecule has 0 saturated carbocycles. The van der Waals surface area contributed by atoms with Gasteiger partial charge in [-0.15, -0.1) is 0 Å². The van der Waals surface area contributed by atoms with Gasteiger partial charge in [0.2, 0.25) is 0 Å². The molecule has 6 nitrogen and oxygen atoms in total. The molecule has 0 spiro atoms. The summed E-state index contributed by atoms with van der Waals surface area (Å²) in [5.74, 6) is 2.21. The van der Waals surface area contributed by atoms with Crippen LogP contribution >= 0.6 is 0 Å². The van der Waals surface area contributed by atoms with E-state index in [1.165, 1.54) is 0 Å². The zero-order valence-electron chi connectivity index (χ0n) is 12.3. The summed E-state index contributed by atoms with van der Waals surface area (Å²) >= 11 is 0. The van der Waals surface area contributed by atoms with E-state index in [0.29, 0.717) is 18.3 Å². The Balaban J connectivity index is 1.65. The molecular formula is C15H19N3O3. The van der Waals surface area contributed by atoms with Crippen LogP contribution < -0.4 is 4.74 Å². The van der Waals surface area contributed by atoms with Crippen molar-refractivity contribution in [2.45, 2.75) is 39.2 Å². The van der Waals surface area contributed by atoms with Gasteiger partial charge in [-0.25, -0.2) is 0 Å². The lowest BCUT2D eigenvalue weighted by Crippen LogP contribution is -2.03. The first kappa shape index (κ1) is 14.0. The van der Waals surface area contributed by atoms with Crippen LogP contribution in [0.25, 0.3) is 0 Å². The fraction of sp³-hybridized carbons (Fsp3) is 0.533. The van der Waals surface area contributed by atoms with Gasteiger partial charge in [0, 0.05) is 18.2 Å². The first-order valence-corrected chi connectivity index (χ1v) is 7.25. The molecule has 0 N–H and O–H groups in total. The van der Waals surface area contributed by atoms with E-state index < -0.39 is 0 Å². The van der Waals surface area contributed by atoms with Crippen molar-refractivity contribution >= 4 is 0 Å². The smallest absolute Gasteiger partial charge is 0.264 e. The third kappa shape index (κ3) is 3.21. The largest absolute Gasteiger partial charge is 0.482 e. The molecule has 3 rings (SSSR count). The van der Waals surface area contributed by atoms with Crippen LogP contribution in [0.4, 0.5) is 0 Å². The quantitative estimate of drug-likeness (QED) is 0.842. The van der Waals surface area contributed by atoms with Gasteiger partial charge < -0.3 is 14.0 Å². The van der Waals surface area contributed by atoms with Crippen LogP contribution in [0.5, 0.6) is 5.75 Å². The minimum absolute atomic E-state index is 0.245. The van der Waals surface area contributed by atoms with Crippen molar-refractivity contribution in [3.05, 3.63) is 35.2 Å². The summed E-state index contributed by atoms with van der Waals surface area (Å²) < 4.78 is 16.3. The van der Waals surface area contributed by atoms with Crippen LogP contribution in [-0.2, 0) is 17.8 Å². The minimum Gasteiger partial charge on any atom is -0.482 e. The van der Waals surface area contributed by atoms with E-state index >= 15 is 0 Å². The molecule has 0 bridgehead atoms. The average molecular weight is 289 g/mol. The van der Waals surface area contributed by atoms with E-state index in [0.717, 1.165) is 36.6 Å². The van der Waals surface area contributed by atoms with E-state index in [4.69, 9.17) is 14.0 Å². The Labute approximate surface area is 123 Å². The number of rotatable bonds is 5. The summed E-state index contributed by atoms with van der Waals surface area (Å²) in [6.07, 6.45) is 1.77. The molecule has 2 aromatic rings. The molecule has 112 valence electrons. The molecular weight excluding hydrogens is 270 g/mol. The lowest BCUT2D eigenvalue weighted by molar-refractivity contribution is 0.192. The zero-order valence-corrected chi connectivity index (χ0v) is 12.3. The Morgan fingerprint density at radius 3 is 3.00 bits per heavy atom. The lowest BCUT2D eigenvalue weighted by Gasteiger charge is -2.08. The molecule has 0 unspecified atom stereocenters. The van der Waals surface area contributed by atoms with Gasteiger partial charge >= 0.3 is 0 Å². The van der Waals surface area contributed by atoms with Crippen molar-refractivity contribution in [2.75, 3.05) is 13.2 Å². The van der Waals surface area contributed by atoms with E-state index in [-0.39, 0.29) is 12.5 Å². The first-order chi connectivity index (χ1) is 10.3. The Morgan fingerprint density at radius 2 is 2.24 bits per heavy atom. The second-order valence-corrected chi connectivity index (χ2v) is 5.15. The Hall–Kier alpha value is -1.95. The van der Waals surface area contributed by atoms with Crippen LogP contribution in [-0.4, -0.2) is 28.3 Å². The first-order valence-electron chi connectivity index (χ1n) is 7.25. The summed E-state index contributed by atoms with van der Waals surface area (Å²) in [5, 5.41) is 4.01. The van der Waals surface area contributed by atoms with Gasteiger partial charge in [-0.2, -0.15) is 4.98 Å². The van der Waals surface area contributed by atoms with Gasteiger partial charge in [0.1, 0.15) is 5.75 Å². The molecule has 1 aliphatic rings. The third-order valence-corrected chi connectivity index (χ3v) is 3.54. The van der Waals surface area contributed by atoms with Gasteiger partial charge in [-0.3, -0.25) is 4.98 Å². The van der Waals surface area contributed by atoms with Gasteiger partial charge in [0.25, 0.3) is 5.89 Å². The molecule has 0 radical (unpaired) electrons. The van der Waals surface area contributed by atoms with Crippen LogP contribution in [0.3, 0.4) is 0 Å². The standard InChI is InChI=1S/C15H19N3O3/c1-3-12-13(5-4-10(2)16-12)20-9-14-17-15(18-21-14)11-6-7-19-8-11/h4-5,11H,3,6-9H2,1-2H3/t11-/m0/s1. The summed E-state index contributed by atoms with van der Waals surface area (Å²) in [5.41, 5.74) is 1.93. The number of pyridine rings is 1. The highest BCUT2D eigenvalue weighted by molar-refractivity contribution is 5.29. The lowest BCUT2D eigenvalue weighted by atomic mass is 10.1. The number of nitrogens with zero attached hydrogens (tertiary/aromatic N) is 3. The molecule has 0 amide bonds. The highest BCUT2D eigenvalue weighted by atomic mass is 16.5.